The third-order valence-electron chi connectivity index (χ3n) is 2.60. The highest BCUT2D eigenvalue weighted by Gasteiger charge is 2.18. The van der Waals surface area contributed by atoms with Gasteiger partial charge < -0.3 is 15.8 Å². The number of ether oxygens (including phenoxy) is 1. The molecule has 1 rings (SSSR count). The molecule has 4 nitrogen and oxygen atoms in total. The average Bonchev–Trinajstić information content (AvgIpc) is 2.64. The summed E-state index contributed by atoms with van der Waals surface area (Å²) in [5.41, 5.74) is 5.61. The van der Waals surface area contributed by atoms with E-state index >= 15 is 0 Å². The van der Waals surface area contributed by atoms with Gasteiger partial charge in [0.1, 0.15) is 0 Å². The molecule has 1 fully saturated rings. The van der Waals surface area contributed by atoms with Crippen LogP contribution in [0.1, 0.15) is 39.0 Å². The van der Waals surface area contributed by atoms with Crippen LogP contribution in [0.15, 0.2) is 0 Å². The first kappa shape index (κ1) is 12.5. The van der Waals surface area contributed by atoms with Crippen LogP contribution in [0.4, 0.5) is 0 Å². The number of rotatable bonds is 6. The summed E-state index contributed by atoms with van der Waals surface area (Å²) in [6.45, 7) is 3.52. The lowest BCUT2D eigenvalue weighted by atomic mass is 10.1. The van der Waals surface area contributed by atoms with Gasteiger partial charge in [0.2, 0.25) is 5.91 Å². The molecular weight excluding hydrogens is 192 g/mol. The first-order valence-electron chi connectivity index (χ1n) is 5.82. The van der Waals surface area contributed by atoms with E-state index in [4.69, 9.17) is 10.5 Å². The zero-order valence-electron chi connectivity index (χ0n) is 9.50. The summed E-state index contributed by atoms with van der Waals surface area (Å²) >= 11 is 0. The Morgan fingerprint density at radius 1 is 1.67 bits per heavy atom. The van der Waals surface area contributed by atoms with Crippen molar-refractivity contribution in [3.63, 3.8) is 0 Å². The largest absolute Gasteiger partial charge is 0.378 e. The van der Waals surface area contributed by atoms with Gasteiger partial charge >= 0.3 is 0 Å². The van der Waals surface area contributed by atoms with E-state index in [1.165, 1.54) is 0 Å². The van der Waals surface area contributed by atoms with Crippen molar-refractivity contribution in [3.05, 3.63) is 0 Å². The predicted octanol–water partition coefficient (Wildman–Crippen LogP) is 0.799. The van der Waals surface area contributed by atoms with Crippen LogP contribution in [0.3, 0.4) is 0 Å². The van der Waals surface area contributed by atoms with Gasteiger partial charge in [-0.25, -0.2) is 0 Å². The van der Waals surface area contributed by atoms with E-state index in [2.05, 4.69) is 5.32 Å². The zero-order valence-corrected chi connectivity index (χ0v) is 9.50. The van der Waals surface area contributed by atoms with Crippen LogP contribution in [0.2, 0.25) is 0 Å². The van der Waals surface area contributed by atoms with Crippen molar-refractivity contribution in [1.29, 1.82) is 0 Å². The molecule has 2 atom stereocenters. The molecule has 4 heteroatoms. The second-order valence-corrected chi connectivity index (χ2v) is 4.31. The Morgan fingerprint density at radius 3 is 3.07 bits per heavy atom. The number of amides is 1. The normalized spacial score (nSPS) is 22.7. The summed E-state index contributed by atoms with van der Waals surface area (Å²) in [5.74, 6) is 0.103. The van der Waals surface area contributed by atoms with Gasteiger partial charge in [-0.2, -0.15) is 0 Å². The molecule has 0 spiro atoms. The van der Waals surface area contributed by atoms with Crippen LogP contribution in [-0.4, -0.2) is 31.2 Å². The van der Waals surface area contributed by atoms with Crippen LogP contribution >= 0.6 is 0 Å². The van der Waals surface area contributed by atoms with Crippen molar-refractivity contribution in [2.45, 2.75) is 51.2 Å². The van der Waals surface area contributed by atoms with Crippen molar-refractivity contribution < 1.29 is 9.53 Å². The van der Waals surface area contributed by atoms with E-state index in [1.54, 1.807) is 0 Å². The molecule has 0 aliphatic carbocycles. The lowest BCUT2D eigenvalue weighted by molar-refractivity contribution is -0.123. The fourth-order valence-electron chi connectivity index (χ4n) is 1.74. The molecule has 1 saturated heterocycles. The smallest absolute Gasteiger partial charge is 0.222 e. The molecule has 0 aromatic rings. The topological polar surface area (TPSA) is 64.3 Å². The molecule has 0 radical (unpaired) electrons. The SMILES string of the molecule is CC(N)CCCNC(=O)CC1CCCO1. The third-order valence-corrected chi connectivity index (χ3v) is 2.60. The highest BCUT2D eigenvalue weighted by molar-refractivity contribution is 5.76. The van der Waals surface area contributed by atoms with Gasteiger partial charge in [-0.05, 0) is 32.6 Å². The Morgan fingerprint density at radius 2 is 2.47 bits per heavy atom. The zero-order chi connectivity index (χ0) is 11.1. The minimum absolute atomic E-state index is 0.103. The van der Waals surface area contributed by atoms with E-state index < -0.39 is 0 Å². The van der Waals surface area contributed by atoms with Gasteiger partial charge in [-0.15, -0.1) is 0 Å². The van der Waals surface area contributed by atoms with Gasteiger partial charge in [-0.1, -0.05) is 0 Å². The maximum Gasteiger partial charge on any atom is 0.222 e. The molecule has 0 bridgehead atoms. The van der Waals surface area contributed by atoms with E-state index in [1.807, 2.05) is 6.92 Å². The molecule has 1 aliphatic heterocycles. The molecule has 1 heterocycles. The van der Waals surface area contributed by atoms with Crippen molar-refractivity contribution in [3.8, 4) is 0 Å². The second kappa shape index (κ2) is 6.80. The van der Waals surface area contributed by atoms with Crippen LogP contribution < -0.4 is 11.1 Å². The number of carbonyl (C=O) groups is 1. The van der Waals surface area contributed by atoms with Gasteiger partial charge in [0.25, 0.3) is 0 Å². The molecular formula is C11H22N2O2. The molecule has 15 heavy (non-hydrogen) atoms. The standard InChI is InChI=1S/C11H22N2O2/c1-9(12)4-2-6-13-11(14)8-10-5-3-7-15-10/h9-10H,2-8,12H2,1H3,(H,13,14). The summed E-state index contributed by atoms with van der Waals surface area (Å²) in [6.07, 6.45) is 4.68. The minimum atomic E-state index is 0.103. The predicted molar refractivity (Wildman–Crippen MR) is 59.5 cm³/mol. The molecule has 0 saturated carbocycles. The van der Waals surface area contributed by atoms with Gasteiger partial charge in [0.15, 0.2) is 0 Å². The maximum atomic E-state index is 11.4. The lowest BCUT2D eigenvalue weighted by Crippen LogP contribution is -2.29. The molecule has 1 aliphatic rings. The van der Waals surface area contributed by atoms with Crippen molar-refractivity contribution >= 4 is 5.91 Å². The maximum absolute atomic E-state index is 11.4. The van der Waals surface area contributed by atoms with Crippen LogP contribution in [-0.2, 0) is 9.53 Å². The fraction of sp³-hybridized carbons (Fsp3) is 0.909. The average molecular weight is 214 g/mol. The van der Waals surface area contributed by atoms with Crippen molar-refractivity contribution in [1.82, 2.24) is 5.32 Å². The number of carbonyl (C=O) groups excluding carboxylic acids is 1. The van der Waals surface area contributed by atoms with Gasteiger partial charge in [0.05, 0.1) is 12.5 Å². The molecule has 0 aromatic carbocycles. The Kier molecular flexibility index (Phi) is 5.65. The number of hydrogen-bond donors (Lipinski definition) is 2. The molecule has 1 amide bonds. The highest BCUT2D eigenvalue weighted by atomic mass is 16.5. The number of nitrogens with one attached hydrogen (secondary N) is 1. The van der Waals surface area contributed by atoms with E-state index in [0.29, 0.717) is 6.42 Å². The van der Waals surface area contributed by atoms with Crippen molar-refractivity contribution in [2.24, 2.45) is 5.73 Å². The monoisotopic (exact) mass is 214 g/mol. The second-order valence-electron chi connectivity index (χ2n) is 4.31. The van der Waals surface area contributed by atoms with E-state index in [0.717, 1.165) is 38.8 Å². The molecule has 0 aromatic heterocycles. The van der Waals surface area contributed by atoms with E-state index in [9.17, 15) is 4.79 Å². The summed E-state index contributed by atoms with van der Waals surface area (Å²) in [4.78, 5) is 11.4. The number of hydrogen-bond acceptors (Lipinski definition) is 3. The first-order valence-corrected chi connectivity index (χ1v) is 5.82. The Balaban J connectivity index is 1.98. The minimum Gasteiger partial charge on any atom is -0.378 e. The van der Waals surface area contributed by atoms with Crippen LogP contribution in [0.25, 0.3) is 0 Å². The molecule has 3 N–H and O–H groups in total. The van der Waals surface area contributed by atoms with Crippen LogP contribution in [0, 0.1) is 0 Å². The summed E-state index contributed by atoms with van der Waals surface area (Å²) in [6, 6.07) is 0.222. The number of nitrogens with two attached hydrogens (primary N) is 1. The van der Waals surface area contributed by atoms with E-state index in [-0.39, 0.29) is 18.1 Å². The Labute approximate surface area is 91.5 Å². The Hall–Kier alpha value is -0.610. The van der Waals surface area contributed by atoms with Crippen molar-refractivity contribution in [2.75, 3.05) is 13.2 Å². The first-order chi connectivity index (χ1) is 7.18. The molecule has 2 unspecified atom stereocenters. The van der Waals surface area contributed by atoms with Crippen LogP contribution in [0.5, 0.6) is 0 Å². The summed E-state index contributed by atoms with van der Waals surface area (Å²) in [5, 5.41) is 2.89. The van der Waals surface area contributed by atoms with Gasteiger partial charge in [0, 0.05) is 19.2 Å². The lowest BCUT2D eigenvalue weighted by Gasteiger charge is -2.10. The third kappa shape index (κ3) is 5.74. The molecule has 88 valence electrons. The summed E-state index contributed by atoms with van der Waals surface area (Å²) in [7, 11) is 0. The fourth-order valence-corrected chi connectivity index (χ4v) is 1.74. The highest BCUT2D eigenvalue weighted by Crippen LogP contribution is 2.14. The summed E-state index contributed by atoms with van der Waals surface area (Å²) < 4.78 is 5.39. The van der Waals surface area contributed by atoms with Gasteiger partial charge in [-0.3, -0.25) is 4.79 Å². The Bertz CT molecular complexity index is 189. The quantitative estimate of drug-likeness (QED) is 0.643.